The van der Waals surface area contributed by atoms with Gasteiger partial charge < -0.3 is 15.0 Å². The third kappa shape index (κ3) is 5.29. The fourth-order valence-electron chi connectivity index (χ4n) is 2.82. The molecule has 0 aromatic heterocycles. The van der Waals surface area contributed by atoms with Crippen molar-refractivity contribution in [3.63, 3.8) is 0 Å². The van der Waals surface area contributed by atoms with Crippen LogP contribution in [0.2, 0.25) is 0 Å². The lowest BCUT2D eigenvalue weighted by atomic mass is 10.0. The quantitative estimate of drug-likeness (QED) is 0.725. The molecule has 0 aliphatic rings. The highest BCUT2D eigenvalue weighted by Gasteiger charge is 2.19. The summed E-state index contributed by atoms with van der Waals surface area (Å²) in [5, 5.41) is 4.47. The molecule has 0 aliphatic heterocycles. The molecule has 0 saturated heterocycles. The van der Waals surface area contributed by atoms with E-state index in [1.165, 1.54) is 11.8 Å². The summed E-state index contributed by atoms with van der Waals surface area (Å²) in [4.78, 5) is 37.8. The van der Waals surface area contributed by atoms with E-state index in [-0.39, 0.29) is 36.8 Å². The molecule has 6 heteroatoms. The first-order valence-electron chi connectivity index (χ1n) is 9.06. The van der Waals surface area contributed by atoms with Crippen LogP contribution in [0.15, 0.2) is 36.4 Å². The Balaban J connectivity index is 2.17. The highest BCUT2D eigenvalue weighted by atomic mass is 16.5. The first kappa shape index (κ1) is 20.4. The zero-order valence-corrected chi connectivity index (χ0v) is 16.2. The largest absolute Gasteiger partial charge is 0.482 e. The molecule has 0 atom stereocenters. The second-order valence-electron chi connectivity index (χ2n) is 6.64. The maximum Gasteiger partial charge on any atom is 0.260 e. The van der Waals surface area contributed by atoms with E-state index in [1.54, 1.807) is 13.0 Å². The Kier molecular flexibility index (Phi) is 6.93. The summed E-state index contributed by atoms with van der Waals surface area (Å²) in [6.07, 6.45) is 0. The normalized spacial score (nSPS) is 10.7. The smallest absolute Gasteiger partial charge is 0.260 e. The Morgan fingerprint density at radius 2 is 1.81 bits per heavy atom. The standard InChI is InChI=1S/C21H26N2O4/c1-5-23(12-19(25)22-14(2)3)20(26)13-27-21-17(15(4)24)11-10-16-8-6-7-9-18(16)21/h6-11,14H,5,12-13H2,1-4H3,(H,22,25). The monoisotopic (exact) mass is 370 g/mol. The van der Waals surface area contributed by atoms with Gasteiger partial charge in [0.1, 0.15) is 5.75 Å². The van der Waals surface area contributed by atoms with Gasteiger partial charge in [-0.15, -0.1) is 0 Å². The maximum absolute atomic E-state index is 12.5. The molecule has 0 aliphatic carbocycles. The van der Waals surface area contributed by atoms with Crippen LogP contribution in [0.1, 0.15) is 38.1 Å². The summed E-state index contributed by atoms with van der Waals surface area (Å²) in [6.45, 7) is 7.13. The van der Waals surface area contributed by atoms with Crippen LogP contribution in [0.5, 0.6) is 5.75 Å². The van der Waals surface area contributed by atoms with E-state index in [2.05, 4.69) is 5.32 Å². The van der Waals surface area contributed by atoms with Crippen LogP contribution in [0.4, 0.5) is 0 Å². The summed E-state index contributed by atoms with van der Waals surface area (Å²) >= 11 is 0. The van der Waals surface area contributed by atoms with Crippen molar-refractivity contribution in [1.29, 1.82) is 0 Å². The number of nitrogens with zero attached hydrogens (tertiary/aromatic N) is 1. The van der Waals surface area contributed by atoms with Crippen LogP contribution in [0.25, 0.3) is 10.8 Å². The van der Waals surface area contributed by atoms with E-state index in [0.29, 0.717) is 17.9 Å². The number of rotatable bonds is 8. The van der Waals surface area contributed by atoms with Gasteiger partial charge in [-0.2, -0.15) is 0 Å². The van der Waals surface area contributed by atoms with Gasteiger partial charge in [0.15, 0.2) is 12.4 Å². The molecule has 2 aromatic rings. The van der Waals surface area contributed by atoms with Crippen LogP contribution in [-0.4, -0.2) is 48.2 Å². The number of nitrogens with one attached hydrogen (secondary N) is 1. The Bertz CT molecular complexity index is 845. The highest BCUT2D eigenvalue weighted by molar-refractivity contribution is 6.04. The first-order chi connectivity index (χ1) is 12.8. The van der Waals surface area contributed by atoms with Crippen molar-refractivity contribution in [2.45, 2.75) is 33.7 Å². The van der Waals surface area contributed by atoms with Gasteiger partial charge in [-0.1, -0.05) is 30.3 Å². The minimum absolute atomic E-state index is 0.0105. The van der Waals surface area contributed by atoms with E-state index < -0.39 is 0 Å². The summed E-state index contributed by atoms with van der Waals surface area (Å²) in [6, 6.07) is 11.1. The molecule has 0 heterocycles. The minimum Gasteiger partial charge on any atom is -0.482 e. The molecule has 2 rings (SSSR count). The third-order valence-electron chi connectivity index (χ3n) is 4.12. The molecule has 2 amide bonds. The fraction of sp³-hybridized carbons (Fsp3) is 0.381. The predicted molar refractivity (Wildman–Crippen MR) is 105 cm³/mol. The Morgan fingerprint density at radius 1 is 1.11 bits per heavy atom. The van der Waals surface area contributed by atoms with Gasteiger partial charge in [0.2, 0.25) is 5.91 Å². The van der Waals surface area contributed by atoms with Gasteiger partial charge >= 0.3 is 0 Å². The molecule has 2 aromatic carbocycles. The molecule has 1 N–H and O–H groups in total. The van der Waals surface area contributed by atoms with Gasteiger partial charge in [0, 0.05) is 18.0 Å². The minimum atomic E-state index is -0.307. The Morgan fingerprint density at radius 3 is 2.44 bits per heavy atom. The highest BCUT2D eigenvalue weighted by Crippen LogP contribution is 2.30. The van der Waals surface area contributed by atoms with Crippen LogP contribution in [-0.2, 0) is 9.59 Å². The topological polar surface area (TPSA) is 75.7 Å². The number of fused-ring (bicyclic) bond motifs is 1. The first-order valence-corrected chi connectivity index (χ1v) is 9.06. The van der Waals surface area contributed by atoms with Gasteiger partial charge in [-0.25, -0.2) is 0 Å². The zero-order valence-electron chi connectivity index (χ0n) is 16.2. The zero-order chi connectivity index (χ0) is 20.0. The molecule has 0 fully saturated rings. The van der Waals surface area contributed by atoms with Crippen LogP contribution >= 0.6 is 0 Å². The number of amides is 2. The van der Waals surface area contributed by atoms with Gasteiger partial charge in [-0.3, -0.25) is 14.4 Å². The van der Waals surface area contributed by atoms with Gasteiger partial charge in [0.05, 0.1) is 12.1 Å². The van der Waals surface area contributed by atoms with E-state index >= 15 is 0 Å². The van der Waals surface area contributed by atoms with Gasteiger partial charge in [0.25, 0.3) is 5.91 Å². The summed E-state index contributed by atoms with van der Waals surface area (Å²) in [7, 11) is 0. The van der Waals surface area contributed by atoms with Crippen LogP contribution in [0.3, 0.4) is 0 Å². The van der Waals surface area contributed by atoms with Crippen molar-refractivity contribution in [3.05, 3.63) is 42.0 Å². The molecule has 0 unspecified atom stereocenters. The van der Waals surface area contributed by atoms with Crippen molar-refractivity contribution >= 4 is 28.4 Å². The average molecular weight is 370 g/mol. The van der Waals surface area contributed by atoms with Crippen molar-refractivity contribution in [2.24, 2.45) is 0 Å². The second kappa shape index (κ2) is 9.16. The van der Waals surface area contributed by atoms with E-state index in [1.807, 2.05) is 44.2 Å². The van der Waals surface area contributed by atoms with E-state index in [4.69, 9.17) is 4.74 Å². The molecule has 0 radical (unpaired) electrons. The molecule has 6 nitrogen and oxygen atoms in total. The lowest BCUT2D eigenvalue weighted by Crippen LogP contribution is -2.44. The number of ketones is 1. The van der Waals surface area contributed by atoms with Crippen molar-refractivity contribution in [1.82, 2.24) is 10.2 Å². The lowest BCUT2D eigenvalue weighted by Gasteiger charge is -2.22. The predicted octanol–water partition coefficient (Wildman–Crippen LogP) is 2.79. The Labute approximate surface area is 159 Å². The molecular formula is C21H26N2O4. The van der Waals surface area contributed by atoms with Crippen LogP contribution < -0.4 is 10.1 Å². The number of likely N-dealkylation sites (N-methyl/N-ethyl adjacent to an activating group) is 1. The second-order valence-corrected chi connectivity index (χ2v) is 6.64. The number of hydrogen-bond acceptors (Lipinski definition) is 4. The number of carbonyl (C=O) groups excluding carboxylic acids is 3. The number of hydrogen-bond donors (Lipinski definition) is 1. The molecule has 27 heavy (non-hydrogen) atoms. The van der Waals surface area contributed by atoms with E-state index in [9.17, 15) is 14.4 Å². The van der Waals surface area contributed by atoms with Gasteiger partial charge in [-0.05, 0) is 39.1 Å². The average Bonchev–Trinajstić information content (AvgIpc) is 2.62. The lowest BCUT2D eigenvalue weighted by molar-refractivity contribution is -0.137. The summed E-state index contributed by atoms with van der Waals surface area (Å²) < 4.78 is 5.78. The fourth-order valence-corrected chi connectivity index (χ4v) is 2.82. The number of ether oxygens (including phenoxy) is 1. The Hall–Kier alpha value is -2.89. The molecular weight excluding hydrogens is 344 g/mol. The van der Waals surface area contributed by atoms with Crippen LogP contribution in [0, 0.1) is 0 Å². The molecule has 0 spiro atoms. The van der Waals surface area contributed by atoms with Crippen molar-refractivity contribution < 1.29 is 19.1 Å². The van der Waals surface area contributed by atoms with Crippen molar-refractivity contribution in [3.8, 4) is 5.75 Å². The summed E-state index contributed by atoms with van der Waals surface area (Å²) in [5.74, 6) is -0.253. The van der Waals surface area contributed by atoms with E-state index in [0.717, 1.165) is 10.8 Å². The maximum atomic E-state index is 12.5. The number of Topliss-reactive ketones (excluding diaryl/α,β-unsaturated/α-hetero) is 1. The molecule has 0 saturated carbocycles. The molecule has 0 bridgehead atoms. The third-order valence-corrected chi connectivity index (χ3v) is 4.12. The SMILES string of the molecule is CCN(CC(=O)NC(C)C)C(=O)COc1c(C(C)=O)ccc2ccccc12. The number of carbonyl (C=O) groups is 3. The molecule has 144 valence electrons. The summed E-state index contributed by atoms with van der Waals surface area (Å²) in [5.41, 5.74) is 0.432. The number of benzene rings is 2. The van der Waals surface area contributed by atoms with Crippen molar-refractivity contribution in [2.75, 3.05) is 19.7 Å².